The van der Waals surface area contributed by atoms with Crippen molar-refractivity contribution < 1.29 is 27.4 Å². The fourth-order valence-corrected chi connectivity index (χ4v) is 4.09. The van der Waals surface area contributed by atoms with Gasteiger partial charge in [0, 0.05) is 30.3 Å². The van der Waals surface area contributed by atoms with Crippen LogP contribution in [-0.4, -0.2) is 49.0 Å². The molecule has 0 atom stereocenters. The van der Waals surface area contributed by atoms with Crippen LogP contribution in [-0.2, 0) is 13.2 Å². The molecular weight excluding hydrogens is 525 g/mol. The third kappa shape index (κ3) is 5.80. The number of carbonyl (C=O) groups is 1. The van der Waals surface area contributed by atoms with Crippen LogP contribution in [0.1, 0.15) is 67.0 Å². The molecule has 0 bridgehead atoms. The van der Waals surface area contributed by atoms with Gasteiger partial charge in [0.2, 0.25) is 11.7 Å². The van der Waals surface area contributed by atoms with Gasteiger partial charge in [-0.2, -0.15) is 13.2 Å². The molecule has 40 heavy (non-hydrogen) atoms. The Morgan fingerprint density at radius 1 is 1.07 bits per heavy atom. The third-order valence-electron chi connectivity index (χ3n) is 6.07. The highest BCUT2D eigenvalue weighted by Crippen LogP contribution is 2.45. The van der Waals surface area contributed by atoms with Crippen LogP contribution < -0.4 is 9.47 Å². The molecule has 12 heteroatoms. The third-order valence-corrected chi connectivity index (χ3v) is 6.07. The lowest BCUT2D eigenvalue weighted by atomic mass is 10.0. The predicted molar refractivity (Wildman–Crippen MR) is 141 cm³/mol. The van der Waals surface area contributed by atoms with Crippen LogP contribution in [0.5, 0.6) is 11.6 Å². The number of ether oxygens (including phenoxy) is 2. The Hall–Kier alpha value is -4.35. The molecule has 0 spiro atoms. The topological polar surface area (TPSA) is 105 Å². The van der Waals surface area contributed by atoms with Crippen LogP contribution in [0.15, 0.2) is 43.0 Å². The first-order valence-electron chi connectivity index (χ1n) is 12.9. The van der Waals surface area contributed by atoms with Crippen molar-refractivity contribution >= 4 is 5.78 Å². The van der Waals surface area contributed by atoms with Crippen molar-refractivity contribution in [2.75, 3.05) is 13.7 Å². The molecule has 210 valence electrons. The molecule has 0 N–H and O–H groups in total. The van der Waals surface area contributed by atoms with E-state index in [2.05, 4.69) is 24.9 Å². The van der Waals surface area contributed by atoms with Gasteiger partial charge in [0.15, 0.2) is 23.0 Å². The Kier molecular flexibility index (Phi) is 8.46. The van der Waals surface area contributed by atoms with Gasteiger partial charge >= 0.3 is 6.18 Å². The summed E-state index contributed by atoms with van der Waals surface area (Å²) in [7, 11) is 2.88. The van der Waals surface area contributed by atoms with Crippen LogP contribution in [0.25, 0.3) is 22.8 Å². The van der Waals surface area contributed by atoms with Gasteiger partial charge in [0.25, 0.3) is 0 Å². The number of benzene rings is 1. The number of carbonyl (C=O) groups excluding carboxylic acids is 1. The van der Waals surface area contributed by atoms with Gasteiger partial charge in [-0.25, -0.2) is 24.9 Å². The predicted octanol–water partition coefficient (Wildman–Crippen LogP) is 5.89. The van der Waals surface area contributed by atoms with Gasteiger partial charge in [0.1, 0.15) is 17.7 Å². The Morgan fingerprint density at radius 3 is 2.35 bits per heavy atom. The van der Waals surface area contributed by atoms with Crippen molar-refractivity contribution in [2.24, 2.45) is 7.05 Å². The number of imidazole rings is 1. The number of hydrogen-bond acceptors (Lipinski definition) is 8. The van der Waals surface area contributed by atoms with Gasteiger partial charge in [-0.05, 0) is 19.8 Å². The van der Waals surface area contributed by atoms with Crippen molar-refractivity contribution in [3.63, 3.8) is 0 Å². The fraction of sp³-hybridized carbons (Fsp3) is 0.357. The first-order valence-corrected chi connectivity index (χ1v) is 12.9. The fourth-order valence-electron chi connectivity index (χ4n) is 4.09. The minimum absolute atomic E-state index is 0.0228. The summed E-state index contributed by atoms with van der Waals surface area (Å²) in [5.41, 5.74) is 1.03. The number of aromatic nitrogens is 6. The monoisotopic (exact) mass is 554 g/mol. The highest BCUT2D eigenvalue weighted by molar-refractivity contribution is 6.09. The molecule has 0 amide bonds. The maximum absolute atomic E-state index is 13.5. The summed E-state index contributed by atoms with van der Waals surface area (Å²) in [4.78, 5) is 34.8. The highest BCUT2D eigenvalue weighted by atomic mass is 19.4. The standard InChI is InChI=1S/C26H23F3N6O3.C2H6/c1-4-38-25-19(20(14-5-6-14)31-13-32-25)23-30-11-17(37-3)21(34-23)22(36)15-7-9-16(10-8-15)24-33-18(12-35(24)2)26(27,28)29;1-2/h7-14H,4-6H2,1-3H3;1-2H3. The zero-order valence-electron chi connectivity index (χ0n) is 22.8. The number of hydrogen-bond donors (Lipinski definition) is 0. The molecule has 0 saturated heterocycles. The van der Waals surface area contributed by atoms with Gasteiger partial charge in [-0.15, -0.1) is 0 Å². The molecule has 4 aromatic rings. The van der Waals surface area contributed by atoms with Crippen LogP contribution in [0.4, 0.5) is 13.2 Å². The van der Waals surface area contributed by atoms with E-state index in [1.165, 1.54) is 55.5 Å². The average Bonchev–Trinajstić information content (AvgIpc) is 3.73. The number of alkyl halides is 3. The molecule has 9 nitrogen and oxygen atoms in total. The molecular formula is C28H29F3N6O3. The summed E-state index contributed by atoms with van der Waals surface area (Å²) in [5, 5.41) is 0. The molecule has 3 heterocycles. The van der Waals surface area contributed by atoms with Crippen molar-refractivity contribution in [2.45, 2.75) is 45.7 Å². The van der Waals surface area contributed by atoms with E-state index in [4.69, 9.17) is 9.47 Å². The van der Waals surface area contributed by atoms with Crippen LogP contribution >= 0.6 is 0 Å². The van der Waals surface area contributed by atoms with Crippen molar-refractivity contribution in [3.8, 4) is 34.4 Å². The SMILES string of the molecule is CC.CCOc1ncnc(C2CC2)c1-c1ncc(OC)c(C(=O)c2ccc(-c3nc(C(F)(F)F)cn3C)cc2)n1. The smallest absolute Gasteiger partial charge is 0.434 e. The van der Waals surface area contributed by atoms with E-state index >= 15 is 0 Å². The van der Waals surface area contributed by atoms with Crippen molar-refractivity contribution in [1.29, 1.82) is 0 Å². The summed E-state index contributed by atoms with van der Waals surface area (Å²) in [6, 6.07) is 6.09. The van der Waals surface area contributed by atoms with Gasteiger partial charge in [-0.1, -0.05) is 38.1 Å². The minimum atomic E-state index is -4.56. The summed E-state index contributed by atoms with van der Waals surface area (Å²) in [6.07, 6.45) is 1.17. The molecule has 0 aliphatic heterocycles. The van der Waals surface area contributed by atoms with E-state index in [9.17, 15) is 18.0 Å². The Labute approximate surface area is 229 Å². The Bertz CT molecular complexity index is 1500. The quantitative estimate of drug-likeness (QED) is 0.248. The molecule has 5 rings (SSSR count). The molecule has 1 aromatic carbocycles. The second-order valence-electron chi connectivity index (χ2n) is 8.72. The van der Waals surface area contributed by atoms with E-state index < -0.39 is 17.7 Å². The maximum Gasteiger partial charge on any atom is 0.434 e. The molecule has 0 radical (unpaired) electrons. The number of aryl methyl sites for hydroxylation is 1. The van der Waals surface area contributed by atoms with Crippen LogP contribution in [0.2, 0.25) is 0 Å². The summed E-state index contributed by atoms with van der Waals surface area (Å²) in [5.74, 6) is 0.669. The first-order chi connectivity index (χ1) is 19.2. The largest absolute Gasteiger partial charge is 0.493 e. The molecule has 0 unspecified atom stereocenters. The number of halogens is 3. The van der Waals surface area contributed by atoms with E-state index in [1.54, 1.807) is 0 Å². The number of rotatable bonds is 8. The van der Waals surface area contributed by atoms with E-state index in [-0.39, 0.29) is 34.6 Å². The van der Waals surface area contributed by atoms with Crippen molar-refractivity contribution in [1.82, 2.24) is 29.5 Å². The second-order valence-corrected chi connectivity index (χ2v) is 8.72. The lowest BCUT2D eigenvalue weighted by Gasteiger charge is -2.13. The summed E-state index contributed by atoms with van der Waals surface area (Å²) < 4.78 is 51.5. The second kappa shape index (κ2) is 11.8. The van der Waals surface area contributed by atoms with E-state index in [0.717, 1.165) is 24.7 Å². The lowest BCUT2D eigenvalue weighted by molar-refractivity contribution is -0.140. The molecule has 1 aliphatic rings. The Balaban J connectivity index is 0.00000181. The van der Waals surface area contributed by atoms with Gasteiger partial charge in [-0.3, -0.25) is 4.79 Å². The zero-order valence-corrected chi connectivity index (χ0v) is 22.8. The van der Waals surface area contributed by atoms with Gasteiger partial charge < -0.3 is 14.0 Å². The molecule has 3 aromatic heterocycles. The summed E-state index contributed by atoms with van der Waals surface area (Å²) >= 11 is 0. The van der Waals surface area contributed by atoms with Crippen LogP contribution in [0, 0.1) is 0 Å². The van der Waals surface area contributed by atoms with E-state index in [0.29, 0.717) is 23.6 Å². The number of ketones is 1. The van der Waals surface area contributed by atoms with E-state index in [1.807, 2.05) is 20.8 Å². The number of methoxy groups -OCH3 is 1. The molecule has 1 saturated carbocycles. The number of nitrogens with zero attached hydrogens (tertiary/aromatic N) is 6. The minimum Gasteiger partial charge on any atom is -0.493 e. The normalized spacial score (nSPS) is 12.9. The summed E-state index contributed by atoms with van der Waals surface area (Å²) in [6.45, 7) is 6.22. The molecule has 1 fully saturated rings. The van der Waals surface area contributed by atoms with Crippen LogP contribution in [0.3, 0.4) is 0 Å². The molecule has 1 aliphatic carbocycles. The average molecular weight is 555 g/mol. The van der Waals surface area contributed by atoms with Crippen molar-refractivity contribution in [3.05, 3.63) is 65.6 Å². The van der Waals surface area contributed by atoms with Gasteiger partial charge in [0.05, 0.1) is 25.6 Å². The zero-order chi connectivity index (χ0) is 29.0. The first kappa shape index (κ1) is 28.7. The highest BCUT2D eigenvalue weighted by Gasteiger charge is 2.35. The lowest BCUT2D eigenvalue weighted by Crippen LogP contribution is -2.10. The maximum atomic E-state index is 13.5. The Morgan fingerprint density at radius 2 is 1.77 bits per heavy atom.